The molecule has 2 rings (SSSR count). The molecule has 0 aromatic carbocycles. The van der Waals surface area contributed by atoms with Crippen LogP contribution in [0.2, 0.25) is 6.32 Å². The van der Waals surface area contributed by atoms with Crippen LogP contribution in [0.15, 0.2) is 6.20 Å². The first-order chi connectivity index (χ1) is 10.1. The minimum atomic E-state index is 0.605. The molecule has 1 aromatic rings. The maximum Gasteiger partial charge on any atom is 0.101 e. The van der Waals surface area contributed by atoms with Crippen LogP contribution in [0.3, 0.4) is 0 Å². The molecule has 0 bridgehead atoms. The highest BCUT2D eigenvalue weighted by Crippen LogP contribution is 2.38. The van der Waals surface area contributed by atoms with Gasteiger partial charge in [-0.2, -0.15) is 0 Å². The summed E-state index contributed by atoms with van der Waals surface area (Å²) in [4.78, 5) is 5.94. The molecule has 0 spiro atoms. The summed E-state index contributed by atoms with van der Waals surface area (Å²) < 4.78 is 0. The van der Waals surface area contributed by atoms with Crippen LogP contribution in [-0.4, -0.2) is 12.8 Å². The molecule has 0 saturated heterocycles. The number of hydrogen-bond acceptors (Lipinski definition) is 2. The summed E-state index contributed by atoms with van der Waals surface area (Å²) in [6, 6.07) is 0. The van der Waals surface area contributed by atoms with E-state index in [4.69, 9.17) is 0 Å². The monoisotopic (exact) mass is 305 g/mol. The standard InChI is InChI=1S/C18H32BNS/c1-15-20-14-17(21-15)13-16-7-5-3-4-6-9-18(2,10-8-16)11-12-19/h14,16H,3-13,19H2,1-2H3. The topological polar surface area (TPSA) is 12.9 Å². The Labute approximate surface area is 136 Å². The van der Waals surface area contributed by atoms with E-state index in [-0.39, 0.29) is 0 Å². The Hall–Kier alpha value is -0.305. The summed E-state index contributed by atoms with van der Waals surface area (Å²) >= 11 is 1.90. The van der Waals surface area contributed by atoms with Crippen LogP contribution >= 0.6 is 11.3 Å². The first-order valence-electron chi connectivity index (χ1n) is 9.02. The molecule has 0 N–H and O–H groups in total. The van der Waals surface area contributed by atoms with Crippen LogP contribution in [0.5, 0.6) is 0 Å². The van der Waals surface area contributed by atoms with Gasteiger partial charge in [0.25, 0.3) is 0 Å². The van der Waals surface area contributed by atoms with Crippen molar-refractivity contribution in [1.29, 1.82) is 0 Å². The molecule has 118 valence electrons. The van der Waals surface area contributed by atoms with Gasteiger partial charge in [-0.15, -0.1) is 11.3 Å². The first-order valence-corrected chi connectivity index (χ1v) is 9.84. The summed E-state index contributed by atoms with van der Waals surface area (Å²) in [5.41, 5.74) is 0.605. The van der Waals surface area contributed by atoms with Crippen LogP contribution in [0.1, 0.15) is 74.6 Å². The lowest BCUT2D eigenvalue weighted by molar-refractivity contribution is 0.214. The van der Waals surface area contributed by atoms with Crippen LogP contribution < -0.4 is 0 Å². The average molecular weight is 305 g/mol. The molecule has 1 nitrogen and oxygen atoms in total. The van der Waals surface area contributed by atoms with Gasteiger partial charge in [-0.05, 0) is 43.9 Å². The van der Waals surface area contributed by atoms with Crippen molar-refractivity contribution in [2.24, 2.45) is 11.3 Å². The summed E-state index contributed by atoms with van der Waals surface area (Å²) in [6.45, 7) is 4.67. The first kappa shape index (κ1) is 17.1. The van der Waals surface area contributed by atoms with Gasteiger partial charge in [0.05, 0.1) is 5.01 Å². The van der Waals surface area contributed by atoms with Crippen LogP contribution in [-0.2, 0) is 6.42 Å². The van der Waals surface area contributed by atoms with Crippen molar-refractivity contribution < 1.29 is 0 Å². The quantitative estimate of drug-likeness (QED) is 0.697. The van der Waals surface area contributed by atoms with E-state index < -0.39 is 0 Å². The van der Waals surface area contributed by atoms with Crippen molar-refractivity contribution in [3.05, 3.63) is 16.1 Å². The minimum Gasteiger partial charge on any atom is -0.250 e. The largest absolute Gasteiger partial charge is 0.250 e. The molecule has 3 heteroatoms. The van der Waals surface area contributed by atoms with E-state index >= 15 is 0 Å². The fourth-order valence-corrected chi connectivity index (χ4v) is 4.91. The van der Waals surface area contributed by atoms with Crippen molar-refractivity contribution in [1.82, 2.24) is 4.98 Å². The zero-order chi connectivity index (χ0) is 15.1. The third-order valence-corrected chi connectivity index (χ3v) is 6.25. The molecule has 1 aromatic heterocycles. The summed E-state index contributed by atoms with van der Waals surface area (Å²) in [5.74, 6) is 0.888. The van der Waals surface area contributed by atoms with Gasteiger partial charge in [-0.3, -0.25) is 0 Å². The smallest absolute Gasteiger partial charge is 0.101 e. The van der Waals surface area contributed by atoms with Crippen molar-refractivity contribution in [2.75, 3.05) is 0 Å². The Morgan fingerprint density at radius 2 is 2.05 bits per heavy atom. The van der Waals surface area contributed by atoms with E-state index in [1.165, 1.54) is 80.4 Å². The lowest BCUT2D eigenvalue weighted by atomic mass is 9.71. The molecule has 21 heavy (non-hydrogen) atoms. The van der Waals surface area contributed by atoms with E-state index in [1.54, 1.807) is 0 Å². The minimum absolute atomic E-state index is 0.605. The second-order valence-electron chi connectivity index (χ2n) is 7.47. The fourth-order valence-electron chi connectivity index (χ4n) is 4.00. The van der Waals surface area contributed by atoms with E-state index in [9.17, 15) is 0 Å². The highest BCUT2D eigenvalue weighted by Gasteiger charge is 2.25. The molecular weight excluding hydrogens is 273 g/mol. The maximum atomic E-state index is 4.43. The second kappa shape index (κ2) is 8.36. The van der Waals surface area contributed by atoms with E-state index in [0.717, 1.165) is 5.92 Å². The van der Waals surface area contributed by atoms with Gasteiger partial charge >= 0.3 is 0 Å². The number of thiazole rings is 1. The highest BCUT2D eigenvalue weighted by molar-refractivity contribution is 7.11. The van der Waals surface area contributed by atoms with E-state index in [0.29, 0.717) is 5.41 Å². The molecular formula is C18H32BNS. The molecule has 1 aliphatic carbocycles. The molecule has 2 atom stereocenters. The number of aryl methyl sites for hydroxylation is 1. The molecule has 0 amide bonds. The van der Waals surface area contributed by atoms with Gasteiger partial charge in [0.1, 0.15) is 7.85 Å². The van der Waals surface area contributed by atoms with E-state index in [2.05, 4.69) is 32.9 Å². The Kier molecular flexibility index (Phi) is 6.79. The van der Waals surface area contributed by atoms with Crippen molar-refractivity contribution in [3.8, 4) is 0 Å². The molecule has 1 fully saturated rings. The Morgan fingerprint density at radius 1 is 1.24 bits per heavy atom. The molecule has 2 unspecified atom stereocenters. The van der Waals surface area contributed by atoms with Crippen molar-refractivity contribution >= 4 is 19.2 Å². The van der Waals surface area contributed by atoms with Gasteiger partial charge < -0.3 is 0 Å². The maximum absolute atomic E-state index is 4.43. The lowest BCUT2D eigenvalue weighted by Gasteiger charge is -2.32. The number of hydrogen-bond donors (Lipinski definition) is 0. The summed E-state index contributed by atoms with van der Waals surface area (Å²) in [7, 11) is 2.35. The predicted molar refractivity (Wildman–Crippen MR) is 97.1 cm³/mol. The zero-order valence-electron chi connectivity index (χ0n) is 14.3. The van der Waals surface area contributed by atoms with Gasteiger partial charge in [-0.25, -0.2) is 4.98 Å². The Balaban J connectivity index is 1.95. The van der Waals surface area contributed by atoms with Crippen molar-refractivity contribution in [2.45, 2.75) is 84.4 Å². The van der Waals surface area contributed by atoms with Gasteiger partial charge in [0, 0.05) is 11.1 Å². The molecule has 1 saturated carbocycles. The SMILES string of the molecule is BCCC1(C)CCCCCCC(Cc2cnc(C)s2)CC1. The normalized spacial score (nSPS) is 28.4. The Bertz CT molecular complexity index is 417. The van der Waals surface area contributed by atoms with Crippen molar-refractivity contribution in [3.63, 3.8) is 0 Å². The van der Waals surface area contributed by atoms with E-state index in [1.807, 2.05) is 11.3 Å². The highest BCUT2D eigenvalue weighted by atomic mass is 32.1. The summed E-state index contributed by atoms with van der Waals surface area (Å²) in [5, 5.41) is 1.22. The number of rotatable bonds is 4. The second-order valence-corrected chi connectivity index (χ2v) is 8.79. The third kappa shape index (κ3) is 5.77. The molecule has 1 aliphatic rings. The van der Waals surface area contributed by atoms with Crippen LogP contribution in [0.4, 0.5) is 0 Å². The third-order valence-electron chi connectivity index (χ3n) is 5.31. The summed E-state index contributed by atoms with van der Waals surface area (Å²) in [6.07, 6.45) is 17.7. The zero-order valence-corrected chi connectivity index (χ0v) is 15.1. The van der Waals surface area contributed by atoms with Gasteiger partial charge in [0.2, 0.25) is 0 Å². The average Bonchev–Trinajstić information content (AvgIpc) is 2.85. The Morgan fingerprint density at radius 3 is 2.76 bits per heavy atom. The molecule has 1 heterocycles. The molecule has 0 aliphatic heterocycles. The van der Waals surface area contributed by atoms with Crippen LogP contribution in [0, 0.1) is 18.3 Å². The van der Waals surface area contributed by atoms with Gasteiger partial charge in [0.15, 0.2) is 0 Å². The predicted octanol–water partition coefficient (Wildman–Crippen LogP) is 5.19. The lowest BCUT2D eigenvalue weighted by Crippen LogP contribution is -2.19. The van der Waals surface area contributed by atoms with Gasteiger partial charge in [-0.1, -0.05) is 51.8 Å². The molecule has 0 radical (unpaired) electrons. The number of aromatic nitrogens is 1. The number of nitrogens with zero attached hydrogens (tertiary/aromatic N) is 1. The van der Waals surface area contributed by atoms with Crippen LogP contribution in [0.25, 0.3) is 0 Å². The fraction of sp³-hybridized carbons (Fsp3) is 0.833.